The number of amides is 1. The van der Waals surface area contributed by atoms with E-state index in [1.807, 2.05) is 36.2 Å². The molecule has 1 amide bonds. The Bertz CT molecular complexity index is 518. The van der Waals surface area contributed by atoms with Gasteiger partial charge in [0.05, 0.1) is 6.10 Å². The molecule has 1 aromatic rings. The molecule has 1 aliphatic heterocycles. The molecule has 23 heavy (non-hydrogen) atoms. The van der Waals surface area contributed by atoms with Crippen LogP contribution >= 0.6 is 0 Å². The van der Waals surface area contributed by atoms with Crippen LogP contribution in [0.15, 0.2) is 24.3 Å². The molecule has 1 saturated carbocycles. The molecule has 1 aromatic carbocycles. The van der Waals surface area contributed by atoms with Crippen LogP contribution in [0.5, 0.6) is 5.75 Å². The second-order valence-electron chi connectivity index (χ2n) is 6.85. The number of likely N-dealkylation sites (tertiary alicyclic amines) is 1. The fourth-order valence-electron chi connectivity index (χ4n) is 3.71. The van der Waals surface area contributed by atoms with Crippen molar-refractivity contribution in [1.29, 1.82) is 0 Å². The Labute approximate surface area is 139 Å². The molecule has 1 aliphatic carbocycles. The molecule has 0 radical (unpaired) electrons. The highest BCUT2D eigenvalue weighted by Gasteiger charge is 2.24. The van der Waals surface area contributed by atoms with Gasteiger partial charge >= 0.3 is 0 Å². The molecular formula is C19H28N2O2. The van der Waals surface area contributed by atoms with E-state index in [4.69, 9.17) is 4.74 Å². The summed E-state index contributed by atoms with van der Waals surface area (Å²) in [7, 11) is 1.99. The first-order valence-electron chi connectivity index (χ1n) is 8.97. The van der Waals surface area contributed by atoms with Crippen LogP contribution in [0.1, 0.15) is 48.9 Å². The summed E-state index contributed by atoms with van der Waals surface area (Å²) in [6, 6.07) is 7.73. The van der Waals surface area contributed by atoms with E-state index in [2.05, 4.69) is 5.32 Å². The number of ether oxygens (including phenoxy) is 1. The van der Waals surface area contributed by atoms with Gasteiger partial charge in [0.15, 0.2) is 0 Å². The standard InChI is InChI=1S/C19H28N2O2/c1-20-14-15-9-11-21(12-10-15)19(22)16-5-4-8-18(13-16)23-17-6-2-3-7-17/h4-5,8,13,15,17,20H,2-3,6-7,9-12,14H2,1H3. The van der Waals surface area contributed by atoms with E-state index in [1.165, 1.54) is 12.8 Å². The van der Waals surface area contributed by atoms with Crippen molar-refractivity contribution in [3.8, 4) is 5.75 Å². The lowest BCUT2D eigenvalue weighted by Gasteiger charge is -2.32. The normalized spacial score (nSPS) is 20.0. The molecule has 4 heteroatoms. The predicted octanol–water partition coefficient (Wildman–Crippen LogP) is 3.08. The molecule has 126 valence electrons. The van der Waals surface area contributed by atoms with Crippen molar-refractivity contribution in [3.05, 3.63) is 29.8 Å². The summed E-state index contributed by atoms with van der Waals surface area (Å²) in [5.74, 6) is 1.68. The summed E-state index contributed by atoms with van der Waals surface area (Å²) in [5.41, 5.74) is 0.757. The molecule has 2 aliphatic rings. The minimum atomic E-state index is 0.143. The molecule has 1 heterocycles. The summed E-state index contributed by atoms with van der Waals surface area (Å²) in [5, 5.41) is 3.23. The van der Waals surface area contributed by atoms with Crippen LogP contribution in [-0.4, -0.2) is 43.6 Å². The third kappa shape index (κ3) is 4.25. The van der Waals surface area contributed by atoms with Crippen molar-refractivity contribution < 1.29 is 9.53 Å². The number of benzene rings is 1. The smallest absolute Gasteiger partial charge is 0.253 e. The van der Waals surface area contributed by atoms with Crippen molar-refractivity contribution in [2.24, 2.45) is 5.92 Å². The Balaban J connectivity index is 1.59. The first kappa shape index (κ1) is 16.3. The largest absolute Gasteiger partial charge is 0.490 e. The number of hydrogen-bond acceptors (Lipinski definition) is 3. The van der Waals surface area contributed by atoms with Crippen LogP contribution in [0.25, 0.3) is 0 Å². The average molecular weight is 316 g/mol. The van der Waals surface area contributed by atoms with Crippen molar-refractivity contribution in [2.75, 3.05) is 26.7 Å². The zero-order valence-corrected chi connectivity index (χ0v) is 14.1. The minimum Gasteiger partial charge on any atom is -0.490 e. The predicted molar refractivity (Wildman–Crippen MR) is 91.9 cm³/mol. The van der Waals surface area contributed by atoms with Crippen molar-refractivity contribution >= 4 is 5.91 Å². The molecule has 0 spiro atoms. The van der Waals surface area contributed by atoms with Gasteiger partial charge in [-0.15, -0.1) is 0 Å². The summed E-state index contributed by atoms with van der Waals surface area (Å²) in [4.78, 5) is 14.7. The summed E-state index contributed by atoms with van der Waals surface area (Å²) in [6.07, 6.45) is 7.29. The quantitative estimate of drug-likeness (QED) is 0.907. The first-order chi connectivity index (χ1) is 11.3. The van der Waals surface area contributed by atoms with E-state index in [0.717, 1.165) is 56.6 Å². The fraction of sp³-hybridized carbons (Fsp3) is 0.632. The number of nitrogens with zero attached hydrogens (tertiary/aromatic N) is 1. The van der Waals surface area contributed by atoms with E-state index in [-0.39, 0.29) is 5.91 Å². The summed E-state index contributed by atoms with van der Waals surface area (Å²) in [6.45, 7) is 2.77. The SMILES string of the molecule is CNCC1CCN(C(=O)c2cccc(OC3CCCC3)c2)CC1. The number of rotatable bonds is 5. The maximum atomic E-state index is 12.7. The lowest BCUT2D eigenvalue weighted by Crippen LogP contribution is -2.40. The Morgan fingerprint density at radius 1 is 1.22 bits per heavy atom. The van der Waals surface area contributed by atoms with Crippen molar-refractivity contribution in [1.82, 2.24) is 10.2 Å². The number of carbonyl (C=O) groups excluding carboxylic acids is 1. The number of nitrogens with one attached hydrogen (secondary N) is 1. The van der Waals surface area contributed by atoms with Gasteiger partial charge in [0.2, 0.25) is 0 Å². The van der Waals surface area contributed by atoms with Crippen LogP contribution < -0.4 is 10.1 Å². The Morgan fingerprint density at radius 3 is 2.65 bits per heavy atom. The summed E-state index contributed by atoms with van der Waals surface area (Å²) < 4.78 is 6.02. The minimum absolute atomic E-state index is 0.143. The number of hydrogen-bond donors (Lipinski definition) is 1. The van der Waals surface area contributed by atoms with E-state index < -0.39 is 0 Å². The molecule has 1 saturated heterocycles. The average Bonchev–Trinajstić information content (AvgIpc) is 3.08. The Kier molecular flexibility index (Phi) is 5.55. The van der Waals surface area contributed by atoms with Gasteiger partial charge in [0.25, 0.3) is 5.91 Å². The zero-order valence-electron chi connectivity index (χ0n) is 14.1. The van der Waals surface area contributed by atoms with Gasteiger partial charge in [0, 0.05) is 18.7 Å². The highest BCUT2D eigenvalue weighted by Crippen LogP contribution is 2.25. The second-order valence-corrected chi connectivity index (χ2v) is 6.85. The summed E-state index contributed by atoms with van der Waals surface area (Å²) >= 11 is 0. The van der Waals surface area contributed by atoms with Gasteiger partial charge in [-0.1, -0.05) is 6.07 Å². The fourth-order valence-corrected chi connectivity index (χ4v) is 3.71. The lowest BCUT2D eigenvalue weighted by atomic mass is 9.96. The lowest BCUT2D eigenvalue weighted by molar-refractivity contribution is 0.0690. The first-order valence-corrected chi connectivity index (χ1v) is 8.97. The molecule has 0 unspecified atom stereocenters. The molecule has 2 fully saturated rings. The van der Waals surface area contributed by atoms with Gasteiger partial charge in [-0.05, 0) is 76.2 Å². The van der Waals surface area contributed by atoms with Crippen LogP contribution in [-0.2, 0) is 0 Å². The third-order valence-corrected chi connectivity index (χ3v) is 5.08. The molecule has 0 aromatic heterocycles. The topological polar surface area (TPSA) is 41.6 Å². The van der Waals surface area contributed by atoms with Crippen LogP contribution in [0, 0.1) is 5.92 Å². The van der Waals surface area contributed by atoms with Gasteiger partial charge in [-0.2, -0.15) is 0 Å². The van der Waals surface area contributed by atoms with E-state index in [9.17, 15) is 4.79 Å². The van der Waals surface area contributed by atoms with Gasteiger partial charge < -0.3 is 15.0 Å². The number of carbonyl (C=O) groups is 1. The van der Waals surface area contributed by atoms with Gasteiger partial charge in [-0.3, -0.25) is 4.79 Å². The Hall–Kier alpha value is -1.55. The van der Waals surface area contributed by atoms with E-state index >= 15 is 0 Å². The van der Waals surface area contributed by atoms with Crippen LogP contribution in [0.3, 0.4) is 0 Å². The van der Waals surface area contributed by atoms with E-state index in [1.54, 1.807) is 0 Å². The van der Waals surface area contributed by atoms with E-state index in [0.29, 0.717) is 12.0 Å². The molecular weight excluding hydrogens is 288 g/mol. The van der Waals surface area contributed by atoms with Gasteiger partial charge in [-0.25, -0.2) is 0 Å². The van der Waals surface area contributed by atoms with Crippen molar-refractivity contribution in [2.45, 2.75) is 44.6 Å². The zero-order chi connectivity index (χ0) is 16.1. The monoisotopic (exact) mass is 316 g/mol. The molecule has 1 N–H and O–H groups in total. The Morgan fingerprint density at radius 2 is 1.96 bits per heavy atom. The molecule has 3 rings (SSSR count). The van der Waals surface area contributed by atoms with Crippen molar-refractivity contribution in [3.63, 3.8) is 0 Å². The number of piperidine rings is 1. The maximum absolute atomic E-state index is 12.7. The molecule has 4 nitrogen and oxygen atoms in total. The molecule has 0 atom stereocenters. The van der Waals surface area contributed by atoms with Gasteiger partial charge in [0.1, 0.15) is 5.75 Å². The highest BCUT2D eigenvalue weighted by atomic mass is 16.5. The maximum Gasteiger partial charge on any atom is 0.253 e. The van der Waals surface area contributed by atoms with Crippen LogP contribution in [0.2, 0.25) is 0 Å². The third-order valence-electron chi connectivity index (χ3n) is 5.08. The molecule has 0 bridgehead atoms. The highest BCUT2D eigenvalue weighted by molar-refractivity contribution is 5.94. The van der Waals surface area contributed by atoms with Crippen LogP contribution in [0.4, 0.5) is 0 Å². The second kappa shape index (κ2) is 7.82.